The molecule has 1 saturated heterocycles. The van der Waals surface area contributed by atoms with Crippen LogP contribution in [0.3, 0.4) is 0 Å². The minimum atomic E-state index is -0.903. The fourth-order valence-corrected chi connectivity index (χ4v) is 5.84. The van der Waals surface area contributed by atoms with Gasteiger partial charge in [0.1, 0.15) is 11.6 Å². The molecule has 1 fully saturated rings. The van der Waals surface area contributed by atoms with Crippen LogP contribution >= 0.6 is 34.7 Å². The minimum absolute atomic E-state index is 0.0516. The molecule has 1 atom stereocenters. The third-order valence-electron chi connectivity index (χ3n) is 5.59. The fraction of sp³-hybridized carbons (Fsp3) is 0.0769. The molecule has 0 bridgehead atoms. The first kappa shape index (κ1) is 24.2. The lowest BCUT2D eigenvalue weighted by atomic mass is 9.95. The van der Waals surface area contributed by atoms with Gasteiger partial charge >= 0.3 is 5.91 Å². The average molecular weight is 538 g/mol. The normalized spacial score (nSPS) is 17.1. The maximum absolute atomic E-state index is 14.0. The van der Waals surface area contributed by atoms with Crippen molar-refractivity contribution in [2.45, 2.75) is 16.1 Å². The Labute approximate surface area is 219 Å². The van der Waals surface area contributed by atoms with Crippen molar-refractivity contribution in [3.63, 3.8) is 0 Å². The first-order valence-corrected chi connectivity index (χ1v) is 12.9. The highest BCUT2D eigenvalue weighted by Crippen LogP contribution is 2.44. The van der Waals surface area contributed by atoms with E-state index in [0.29, 0.717) is 31.8 Å². The van der Waals surface area contributed by atoms with Crippen molar-refractivity contribution in [2.24, 2.45) is 0 Å². The number of amides is 1. The number of rotatable bonds is 6. The summed E-state index contributed by atoms with van der Waals surface area (Å²) in [6.45, 7) is 0. The van der Waals surface area contributed by atoms with E-state index in [9.17, 15) is 19.1 Å². The Morgan fingerprint density at radius 1 is 1.00 bits per heavy atom. The van der Waals surface area contributed by atoms with Gasteiger partial charge in [-0.05, 0) is 41.5 Å². The SMILES string of the molecule is O=C1C(=O)N(c2nnc(SCc3ccccc3F)s2)C(c2ccccc2)/C1=C(/O)c1ccc(Cl)cc1. The van der Waals surface area contributed by atoms with E-state index >= 15 is 0 Å². The summed E-state index contributed by atoms with van der Waals surface area (Å²) >= 11 is 8.37. The van der Waals surface area contributed by atoms with Crippen LogP contribution in [0.1, 0.15) is 22.7 Å². The highest BCUT2D eigenvalue weighted by atomic mass is 35.5. The molecule has 5 rings (SSSR count). The standard InChI is InChI=1S/C26H17ClFN3O3S2/c27-18-12-10-16(11-13-18)22(32)20-21(15-6-2-1-3-7-15)31(24(34)23(20)33)25-29-30-26(36-25)35-14-17-8-4-5-9-19(17)28/h1-13,21,32H,14H2/b22-20-. The topological polar surface area (TPSA) is 83.4 Å². The fourth-order valence-electron chi connectivity index (χ4n) is 3.86. The molecule has 1 unspecified atom stereocenters. The van der Waals surface area contributed by atoms with Crippen molar-refractivity contribution in [3.05, 3.63) is 112 Å². The highest BCUT2D eigenvalue weighted by molar-refractivity contribution is 8.00. The van der Waals surface area contributed by atoms with E-state index in [2.05, 4.69) is 10.2 Å². The Balaban J connectivity index is 1.53. The summed E-state index contributed by atoms with van der Waals surface area (Å²) in [7, 11) is 0. The molecule has 0 spiro atoms. The van der Waals surface area contributed by atoms with Gasteiger partial charge in [-0.25, -0.2) is 4.39 Å². The Morgan fingerprint density at radius 2 is 1.69 bits per heavy atom. The maximum atomic E-state index is 14.0. The molecule has 6 nitrogen and oxygen atoms in total. The Morgan fingerprint density at radius 3 is 2.42 bits per heavy atom. The number of aromatic nitrogens is 2. The van der Waals surface area contributed by atoms with Gasteiger partial charge in [0.2, 0.25) is 5.13 Å². The van der Waals surface area contributed by atoms with Gasteiger partial charge in [0.25, 0.3) is 5.78 Å². The molecule has 0 radical (unpaired) electrons. The molecule has 180 valence electrons. The first-order valence-electron chi connectivity index (χ1n) is 10.8. The summed E-state index contributed by atoms with van der Waals surface area (Å²) in [5.74, 6) is -1.93. The van der Waals surface area contributed by atoms with Crippen molar-refractivity contribution in [1.29, 1.82) is 0 Å². The molecule has 2 heterocycles. The number of carbonyl (C=O) groups is 2. The number of aliphatic hydroxyl groups is 1. The summed E-state index contributed by atoms with van der Waals surface area (Å²) in [4.78, 5) is 27.7. The quantitative estimate of drug-likeness (QED) is 0.103. The van der Waals surface area contributed by atoms with Crippen molar-refractivity contribution in [1.82, 2.24) is 10.2 Å². The maximum Gasteiger partial charge on any atom is 0.301 e. The lowest BCUT2D eigenvalue weighted by Gasteiger charge is -2.22. The summed E-state index contributed by atoms with van der Waals surface area (Å²) in [5, 5.41) is 20.1. The van der Waals surface area contributed by atoms with Crippen molar-refractivity contribution in [3.8, 4) is 0 Å². The van der Waals surface area contributed by atoms with Crippen LogP contribution in [0.25, 0.3) is 5.76 Å². The summed E-state index contributed by atoms with van der Waals surface area (Å²) in [6, 6.07) is 20.8. The van der Waals surface area contributed by atoms with Crippen LogP contribution in [0, 0.1) is 5.82 Å². The molecule has 0 saturated carbocycles. The van der Waals surface area contributed by atoms with Gasteiger partial charge in [0, 0.05) is 16.3 Å². The van der Waals surface area contributed by atoms with E-state index < -0.39 is 17.7 Å². The second kappa shape index (κ2) is 10.2. The van der Waals surface area contributed by atoms with Gasteiger partial charge in [0.15, 0.2) is 4.34 Å². The average Bonchev–Trinajstić information content (AvgIpc) is 3.46. The number of nitrogens with zero attached hydrogens (tertiary/aromatic N) is 3. The molecule has 1 N–H and O–H groups in total. The van der Waals surface area contributed by atoms with Crippen LogP contribution in [0.4, 0.5) is 9.52 Å². The molecular weight excluding hydrogens is 521 g/mol. The number of benzene rings is 3. The number of hydrogen-bond donors (Lipinski definition) is 1. The van der Waals surface area contributed by atoms with E-state index in [4.69, 9.17) is 11.6 Å². The zero-order chi connectivity index (χ0) is 25.2. The summed E-state index contributed by atoms with van der Waals surface area (Å²) < 4.78 is 14.5. The number of Topliss-reactive ketones (excluding diaryl/α,β-unsaturated/α-hetero) is 1. The second-order valence-electron chi connectivity index (χ2n) is 7.82. The molecule has 1 aliphatic heterocycles. The highest BCUT2D eigenvalue weighted by Gasteiger charge is 2.48. The van der Waals surface area contributed by atoms with Gasteiger partial charge < -0.3 is 5.11 Å². The number of halogens is 2. The molecule has 3 aromatic carbocycles. The number of anilines is 1. The van der Waals surface area contributed by atoms with Gasteiger partial charge in [-0.3, -0.25) is 14.5 Å². The smallest absolute Gasteiger partial charge is 0.301 e. The number of thioether (sulfide) groups is 1. The van der Waals surface area contributed by atoms with E-state index in [1.807, 2.05) is 6.07 Å². The monoisotopic (exact) mass is 537 g/mol. The molecule has 4 aromatic rings. The summed E-state index contributed by atoms with van der Waals surface area (Å²) in [6.07, 6.45) is 0. The van der Waals surface area contributed by atoms with Crippen LogP contribution in [-0.4, -0.2) is 27.0 Å². The Hall–Kier alpha value is -3.53. The van der Waals surface area contributed by atoms with Gasteiger partial charge in [-0.1, -0.05) is 83.2 Å². The van der Waals surface area contributed by atoms with E-state index in [1.54, 1.807) is 66.7 Å². The molecule has 0 aliphatic carbocycles. The van der Waals surface area contributed by atoms with Crippen molar-refractivity contribution < 1.29 is 19.1 Å². The predicted molar refractivity (Wildman–Crippen MR) is 139 cm³/mol. The molecule has 10 heteroatoms. The summed E-state index contributed by atoms with van der Waals surface area (Å²) in [5.41, 5.74) is 1.45. The van der Waals surface area contributed by atoms with E-state index in [1.165, 1.54) is 22.7 Å². The molecule has 36 heavy (non-hydrogen) atoms. The zero-order valence-electron chi connectivity index (χ0n) is 18.5. The van der Waals surface area contributed by atoms with Gasteiger partial charge in [0.05, 0.1) is 11.6 Å². The lowest BCUT2D eigenvalue weighted by Crippen LogP contribution is -2.29. The van der Waals surface area contributed by atoms with E-state index in [-0.39, 0.29) is 22.3 Å². The van der Waals surface area contributed by atoms with E-state index in [0.717, 1.165) is 11.3 Å². The number of carbonyl (C=O) groups excluding carboxylic acids is 2. The molecular formula is C26H17ClFN3O3S2. The minimum Gasteiger partial charge on any atom is -0.507 e. The van der Waals surface area contributed by atoms with Crippen LogP contribution in [0.5, 0.6) is 0 Å². The van der Waals surface area contributed by atoms with Gasteiger partial charge in [-0.2, -0.15) is 0 Å². The zero-order valence-corrected chi connectivity index (χ0v) is 20.9. The van der Waals surface area contributed by atoms with Crippen molar-refractivity contribution >= 4 is 57.3 Å². The first-order chi connectivity index (χ1) is 17.4. The largest absolute Gasteiger partial charge is 0.507 e. The molecule has 1 aromatic heterocycles. The number of aliphatic hydroxyl groups excluding tert-OH is 1. The second-order valence-corrected chi connectivity index (χ2v) is 10.4. The number of ketones is 1. The van der Waals surface area contributed by atoms with Gasteiger partial charge in [-0.15, -0.1) is 10.2 Å². The number of hydrogen-bond acceptors (Lipinski definition) is 7. The predicted octanol–water partition coefficient (Wildman–Crippen LogP) is 6.25. The third kappa shape index (κ3) is 4.65. The molecule has 1 aliphatic rings. The Bertz CT molecular complexity index is 1480. The lowest BCUT2D eigenvalue weighted by molar-refractivity contribution is -0.132. The van der Waals surface area contributed by atoms with Crippen LogP contribution in [0.2, 0.25) is 5.02 Å². The van der Waals surface area contributed by atoms with Crippen LogP contribution in [0.15, 0.2) is 88.8 Å². The Kier molecular flexibility index (Phi) is 6.86. The van der Waals surface area contributed by atoms with Crippen LogP contribution < -0.4 is 4.90 Å². The molecule has 1 amide bonds. The third-order valence-corrected chi connectivity index (χ3v) is 7.94. The van der Waals surface area contributed by atoms with Crippen LogP contribution in [-0.2, 0) is 15.3 Å². The van der Waals surface area contributed by atoms with Crippen molar-refractivity contribution in [2.75, 3.05) is 4.90 Å².